The molecule has 1 aliphatic rings. The highest BCUT2D eigenvalue weighted by Gasteiger charge is 2.44. The SMILES string of the molecule is N#CC1(c2cccc(Nc3n[nH]c(N)n3)c2)CC1. The van der Waals surface area contributed by atoms with E-state index < -0.39 is 0 Å². The number of H-pyrrole nitrogens is 1. The van der Waals surface area contributed by atoms with Gasteiger partial charge in [0.2, 0.25) is 11.9 Å². The van der Waals surface area contributed by atoms with Gasteiger partial charge >= 0.3 is 0 Å². The van der Waals surface area contributed by atoms with Crippen LogP contribution in [0, 0.1) is 11.3 Å². The van der Waals surface area contributed by atoms with Crippen LogP contribution in [0.3, 0.4) is 0 Å². The lowest BCUT2D eigenvalue weighted by molar-refractivity contribution is 0.909. The van der Waals surface area contributed by atoms with E-state index in [2.05, 4.69) is 26.6 Å². The summed E-state index contributed by atoms with van der Waals surface area (Å²) in [5, 5.41) is 18.7. The molecule has 1 aliphatic carbocycles. The molecule has 1 heterocycles. The lowest BCUT2D eigenvalue weighted by Crippen LogP contribution is -2.03. The lowest BCUT2D eigenvalue weighted by atomic mass is 9.97. The monoisotopic (exact) mass is 240 g/mol. The highest BCUT2D eigenvalue weighted by Crippen LogP contribution is 2.47. The van der Waals surface area contributed by atoms with E-state index in [4.69, 9.17) is 5.73 Å². The van der Waals surface area contributed by atoms with E-state index in [0.29, 0.717) is 5.95 Å². The van der Waals surface area contributed by atoms with Crippen molar-refractivity contribution in [2.45, 2.75) is 18.3 Å². The summed E-state index contributed by atoms with van der Waals surface area (Å²) in [6.45, 7) is 0. The smallest absolute Gasteiger partial charge is 0.248 e. The van der Waals surface area contributed by atoms with Crippen molar-refractivity contribution in [3.05, 3.63) is 29.8 Å². The number of anilines is 3. The van der Waals surface area contributed by atoms with Crippen molar-refractivity contribution < 1.29 is 0 Å². The van der Waals surface area contributed by atoms with Crippen LogP contribution in [0.15, 0.2) is 24.3 Å². The third kappa shape index (κ3) is 1.76. The number of benzene rings is 1. The Balaban J connectivity index is 1.86. The van der Waals surface area contributed by atoms with Crippen LogP contribution in [0.4, 0.5) is 17.6 Å². The van der Waals surface area contributed by atoms with Gasteiger partial charge in [-0.2, -0.15) is 10.2 Å². The van der Waals surface area contributed by atoms with Gasteiger partial charge in [0.05, 0.1) is 11.5 Å². The minimum absolute atomic E-state index is 0.268. The van der Waals surface area contributed by atoms with Gasteiger partial charge in [-0.3, -0.25) is 0 Å². The summed E-state index contributed by atoms with van der Waals surface area (Å²) >= 11 is 0. The summed E-state index contributed by atoms with van der Waals surface area (Å²) in [6.07, 6.45) is 1.86. The zero-order valence-electron chi connectivity index (χ0n) is 9.64. The zero-order valence-corrected chi connectivity index (χ0v) is 9.64. The van der Waals surface area contributed by atoms with Gasteiger partial charge in [-0.1, -0.05) is 12.1 Å². The van der Waals surface area contributed by atoms with Crippen LogP contribution in [0.2, 0.25) is 0 Å². The number of rotatable bonds is 3. The molecule has 4 N–H and O–H groups in total. The third-order valence-electron chi connectivity index (χ3n) is 3.14. The Kier molecular flexibility index (Phi) is 2.20. The summed E-state index contributed by atoms with van der Waals surface area (Å²) in [6, 6.07) is 10.1. The van der Waals surface area contributed by atoms with Crippen LogP contribution in [-0.2, 0) is 5.41 Å². The van der Waals surface area contributed by atoms with Crippen molar-refractivity contribution in [2.24, 2.45) is 0 Å². The quantitative estimate of drug-likeness (QED) is 0.757. The fraction of sp³-hybridized carbons (Fsp3) is 0.250. The summed E-state index contributed by atoms with van der Waals surface area (Å²) < 4.78 is 0. The standard InChI is InChI=1S/C12H12N6/c13-7-12(4-5-12)8-2-1-3-9(6-8)15-11-16-10(14)17-18-11/h1-3,6H,4-5H2,(H4,14,15,16,17,18). The number of aromatic nitrogens is 3. The minimum Gasteiger partial charge on any atom is -0.368 e. The number of nitrogens with zero attached hydrogens (tertiary/aromatic N) is 3. The predicted molar refractivity (Wildman–Crippen MR) is 67.0 cm³/mol. The van der Waals surface area contributed by atoms with Gasteiger partial charge in [-0.15, -0.1) is 5.10 Å². The van der Waals surface area contributed by atoms with Crippen molar-refractivity contribution in [3.8, 4) is 6.07 Å². The Morgan fingerprint density at radius 1 is 1.44 bits per heavy atom. The molecule has 0 aliphatic heterocycles. The summed E-state index contributed by atoms with van der Waals surface area (Å²) in [4.78, 5) is 3.97. The zero-order chi connectivity index (χ0) is 12.6. The largest absolute Gasteiger partial charge is 0.368 e. The normalized spacial score (nSPS) is 15.9. The maximum atomic E-state index is 9.18. The first-order chi connectivity index (χ1) is 8.72. The first-order valence-corrected chi connectivity index (χ1v) is 5.69. The second-order valence-electron chi connectivity index (χ2n) is 4.44. The molecule has 18 heavy (non-hydrogen) atoms. The molecule has 0 atom stereocenters. The van der Waals surface area contributed by atoms with E-state index >= 15 is 0 Å². The van der Waals surface area contributed by atoms with E-state index in [-0.39, 0.29) is 11.4 Å². The second kappa shape index (κ2) is 3.74. The van der Waals surface area contributed by atoms with Crippen molar-refractivity contribution >= 4 is 17.6 Å². The van der Waals surface area contributed by atoms with Gasteiger partial charge in [0, 0.05) is 5.69 Å². The molecule has 1 aromatic carbocycles. The van der Waals surface area contributed by atoms with Crippen LogP contribution in [0.25, 0.3) is 0 Å². The molecule has 1 aromatic heterocycles. The summed E-state index contributed by atoms with van der Waals surface area (Å²) in [5.41, 5.74) is 7.06. The van der Waals surface area contributed by atoms with Gasteiger partial charge < -0.3 is 11.1 Å². The fourth-order valence-electron chi connectivity index (χ4n) is 1.94. The molecule has 1 fully saturated rings. The second-order valence-corrected chi connectivity index (χ2v) is 4.44. The molecule has 1 saturated carbocycles. The minimum atomic E-state index is -0.282. The Labute approximate surface area is 104 Å². The maximum Gasteiger partial charge on any atom is 0.248 e. The Morgan fingerprint density at radius 2 is 2.28 bits per heavy atom. The Hall–Kier alpha value is -2.55. The number of hydrogen-bond acceptors (Lipinski definition) is 5. The predicted octanol–water partition coefficient (Wildman–Crippen LogP) is 1.69. The van der Waals surface area contributed by atoms with Crippen molar-refractivity contribution in [3.63, 3.8) is 0 Å². The molecular weight excluding hydrogens is 228 g/mol. The molecule has 0 bridgehead atoms. The molecule has 6 nitrogen and oxygen atoms in total. The molecule has 90 valence electrons. The van der Waals surface area contributed by atoms with Crippen molar-refractivity contribution in [2.75, 3.05) is 11.1 Å². The average molecular weight is 240 g/mol. The molecule has 3 rings (SSSR count). The maximum absolute atomic E-state index is 9.18. The molecule has 0 radical (unpaired) electrons. The van der Waals surface area contributed by atoms with Crippen LogP contribution >= 0.6 is 0 Å². The van der Waals surface area contributed by atoms with Gasteiger partial charge in [-0.25, -0.2) is 5.10 Å². The van der Waals surface area contributed by atoms with E-state index in [1.165, 1.54) is 0 Å². The molecule has 6 heteroatoms. The molecule has 0 amide bonds. The Morgan fingerprint density at radius 3 is 2.89 bits per heavy atom. The topological polar surface area (TPSA) is 103 Å². The number of hydrogen-bond donors (Lipinski definition) is 3. The van der Waals surface area contributed by atoms with Crippen molar-refractivity contribution in [1.29, 1.82) is 5.26 Å². The first kappa shape index (κ1) is 10.6. The van der Waals surface area contributed by atoms with Gasteiger partial charge in [-0.05, 0) is 30.5 Å². The van der Waals surface area contributed by atoms with Gasteiger partial charge in [0.25, 0.3) is 0 Å². The highest BCUT2D eigenvalue weighted by atomic mass is 15.3. The fourth-order valence-corrected chi connectivity index (χ4v) is 1.94. The number of nitrogens with two attached hydrogens (primary N) is 1. The van der Waals surface area contributed by atoms with E-state index in [0.717, 1.165) is 24.1 Å². The van der Waals surface area contributed by atoms with Gasteiger partial charge in [0.15, 0.2) is 0 Å². The molecular formula is C12H12N6. The molecule has 0 unspecified atom stereocenters. The molecule has 0 saturated heterocycles. The third-order valence-corrected chi connectivity index (χ3v) is 3.14. The van der Waals surface area contributed by atoms with E-state index in [9.17, 15) is 5.26 Å². The van der Waals surface area contributed by atoms with Crippen LogP contribution < -0.4 is 11.1 Å². The van der Waals surface area contributed by atoms with Crippen LogP contribution in [-0.4, -0.2) is 15.2 Å². The van der Waals surface area contributed by atoms with E-state index in [1.54, 1.807) is 0 Å². The number of nitriles is 1. The van der Waals surface area contributed by atoms with Crippen LogP contribution in [0.5, 0.6) is 0 Å². The molecule has 2 aromatic rings. The Bertz CT molecular complexity index is 619. The number of aromatic amines is 1. The first-order valence-electron chi connectivity index (χ1n) is 5.69. The highest BCUT2D eigenvalue weighted by molar-refractivity contribution is 5.57. The van der Waals surface area contributed by atoms with Crippen molar-refractivity contribution in [1.82, 2.24) is 15.2 Å². The van der Waals surface area contributed by atoms with E-state index in [1.807, 2.05) is 24.3 Å². The molecule has 0 spiro atoms. The summed E-state index contributed by atoms with van der Waals surface area (Å²) in [7, 11) is 0. The van der Waals surface area contributed by atoms with Gasteiger partial charge in [0.1, 0.15) is 0 Å². The van der Waals surface area contributed by atoms with Crippen LogP contribution in [0.1, 0.15) is 18.4 Å². The lowest BCUT2D eigenvalue weighted by Gasteiger charge is -2.08. The number of nitrogens with one attached hydrogen (secondary N) is 2. The average Bonchev–Trinajstić information content (AvgIpc) is 3.09. The number of nitrogen functional groups attached to an aromatic ring is 1. The summed E-state index contributed by atoms with van der Waals surface area (Å²) in [5.74, 6) is 0.691.